The molecule has 8 heteroatoms. The molecule has 2 aromatic rings. The van der Waals surface area contributed by atoms with Crippen LogP contribution in [-0.2, 0) is 0 Å². The first-order chi connectivity index (χ1) is 13.2. The van der Waals surface area contributed by atoms with Crippen molar-refractivity contribution in [1.82, 2.24) is 14.9 Å². The molecule has 1 saturated heterocycles. The molecule has 3 rings (SSSR count). The Hall–Kier alpha value is -2.74. The van der Waals surface area contributed by atoms with Crippen LogP contribution in [0, 0.1) is 0 Å². The van der Waals surface area contributed by atoms with Gasteiger partial charge in [-0.15, -0.1) is 0 Å². The number of methoxy groups -OCH3 is 2. The molecule has 0 saturated carbocycles. The molecule has 1 aliphatic rings. The van der Waals surface area contributed by atoms with Crippen LogP contribution in [0.4, 0.5) is 23.0 Å². The summed E-state index contributed by atoms with van der Waals surface area (Å²) in [5.74, 6) is 2.54. The molecular formula is C19H28N6O2. The van der Waals surface area contributed by atoms with E-state index in [1.165, 1.54) is 38.7 Å². The summed E-state index contributed by atoms with van der Waals surface area (Å²) < 4.78 is 10.7. The van der Waals surface area contributed by atoms with E-state index in [1.807, 2.05) is 18.2 Å². The largest absolute Gasteiger partial charge is 0.497 e. The number of nitrogens with zero attached hydrogens (tertiary/aromatic N) is 3. The standard InChI is InChI=1S/C19H28N6O2/c1-26-14-6-7-16(27-2)15(12-14)24-19-17(20)18(22-13-23-19)21-8-11-25-9-4-3-5-10-25/h6-7,12-13H,3-5,8-11,20H2,1-2H3,(H2,21,22,23,24). The van der Waals surface area contributed by atoms with Crippen LogP contribution in [0.5, 0.6) is 11.5 Å². The average Bonchev–Trinajstić information content (AvgIpc) is 2.71. The van der Waals surface area contributed by atoms with Gasteiger partial charge >= 0.3 is 0 Å². The number of anilines is 4. The first-order valence-corrected chi connectivity index (χ1v) is 9.27. The van der Waals surface area contributed by atoms with Crippen molar-refractivity contribution >= 4 is 23.0 Å². The van der Waals surface area contributed by atoms with Crippen molar-refractivity contribution in [3.8, 4) is 11.5 Å². The van der Waals surface area contributed by atoms with Crippen molar-refractivity contribution in [2.24, 2.45) is 0 Å². The van der Waals surface area contributed by atoms with E-state index in [2.05, 4.69) is 25.5 Å². The van der Waals surface area contributed by atoms with Crippen LogP contribution in [0.25, 0.3) is 0 Å². The maximum atomic E-state index is 6.28. The summed E-state index contributed by atoms with van der Waals surface area (Å²) in [5, 5.41) is 6.54. The number of benzene rings is 1. The number of nitrogens with two attached hydrogens (primary N) is 1. The second-order valence-electron chi connectivity index (χ2n) is 6.50. The number of rotatable bonds is 8. The molecule has 0 unspecified atom stereocenters. The Morgan fingerprint density at radius 2 is 1.85 bits per heavy atom. The molecule has 0 bridgehead atoms. The first kappa shape index (κ1) is 19.0. The third-order valence-corrected chi connectivity index (χ3v) is 4.71. The normalized spacial score (nSPS) is 14.6. The van der Waals surface area contributed by atoms with Crippen LogP contribution < -0.4 is 25.8 Å². The van der Waals surface area contributed by atoms with Crippen molar-refractivity contribution < 1.29 is 9.47 Å². The minimum Gasteiger partial charge on any atom is -0.497 e. The minimum atomic E-state index is 0.473. The molecule has 0 spiro atoms. The van der Waals surface area contributed by atoms with Crippen LogP contribution in [0.2, 0.25) is 0 Å². The van der Waals surface area contributed by atoms with Gasteiger partial charge in [-0.2, -0.15) is 0 Å². The van der Waals surface area contributed by atoms with Crippen LogP contribution in [0.15, 0.2) is 24.5 Å². The summed E-state index contributed by atoms with van der Waals surface area (Å²) >= 11 is 0. The molecule has 1 aliphatic heterocycles. The van der Waals surface area contributed by atoms with E-state index < -0.39 is 0 Å². The minimum absolute atomic E-state index is 0.473. The lowest BCUT2D eigenvalue weighted by Crippen LogP contribution is -2.33. The van der Waals surface area contributed by atoms with Gasteiger partial charge < -0.3 is 30.7 Å². The highest BCUT2D eigenvalue weighted by Crippen LogP contribution is 2.33. The van der Waals surface area contributed by atoms with Crippen LogP contribution >= 0.6 is 0 Å². The Labute approximate surface area is 160 Å². The van der Waals surface area contributed by atoms with Gasteiger partial charge in [-0.25, -0.2) is 9.97 Å². The molecule has 27 heavy (non-hydrogen) atoms. The lowest BCUT2D eigenvalue weighted by atomic mass is 10.1. The zero-order valence-corrected chi connectivity index (χ0v) is 16.0. The number of ether oxygens (including phenoxy) is 2. The van der Waals surface area contributed by atoms with E-state index in [1.54, 1.807) is 14.2 Å². The summed E-state index contributed by atoms with van der Waals surface area (Å²) in [5.41, 5.74) is 7.47. The molecule has 0 atom stereocenters. The van der Waals surface area contributed by atoms with Gasteiger partial charge in [-0.05, 0) is 38.1 Å². The highest BCUT2D eigenvalue weighted by atomic mass is 16.5. The molecular weight excluding hydrogens is 344 g/mol. The van der Waals surface area contributed by atoms with Gasteiger partial charge in [-0.1, -0.05) is 6.42 Å². The maximum absolute atomic E-state index is 6.28. The fraction of sp³-hybridized carbons (Fsp3) is 0.474. The van der Waals surface area contributed by atoms with Gasteiger partial charge in [0, 0.05) is 19.2 Å². The van der Waals surface area contributed by atoms with Crippen molar-refractivity contribution in [2.75, 3.05) is 56.8 Å². The predicted octanol–water partition coefficient (Wildman–Crippen LogP) is 2.72. The molecule has 2 heterocycles. The number of aromatic nitrogens is 2. The van der Waals surface area contributed by atoms with E-state index in [-0.39, 0.29) is 0 Å². The van der Waals surface area contributed by atoms with Crippen molar-refractivity contribution in [1.29, 1.82) is 0 Å². The van der Waals surface area contributed by atoms with Crippen molar-refractivity contribution in [3.05, 3.63) is 24.5 Å². The van der Waals surface area contributed by atoms with Gasteiger partial charge in [-0.3, -0.25) is 0 Å². The molecule has 146 valence electrons. The fourth-order valence-corrected chi connectivity index (χ4v) is 3.19. The molecule has 8 nitrogen and oxygen atoms in total. The fourth-order valence-electron chi connectivity index (χ4n) is 3.19. The number of hydrogen-bond acceptors (Lipinski definition) is 8. The summed E-state index contributed by atoms with van der Waals surface area (Å²) in [6, 6.07) is 5.50. The number of piperidine rings is 1. The summed E-state index contributed by atoms with van der Waals surface area (Å²) in [6.07, 6.45) is 5.40. The van der Waals surface area contributed by atoms with Gasteiger partial charge in [0.05, 0.1) is 19.9 Å². The van der Waals surface area contributed by atoms with E-state index >= 15 is 0 Å². The quantitative estimate of drug-likeness (QED) is 0.651. The predicted molar refractivity (Wildman–Crippen MR) is 108 cm³/mol. The Bertz CT molecular complexity index is 749. The highest BCUT2D eigenvalue weighted by molar-refractivity contribution is 5.79. The Balaban J connectivity index is 1.67. The van der Waals surface area contributed by atoms with Crippen LogP contribution in [0.1, 0.15) is 19.3 Å². The molecule has 0 radical (unpaired) electrons. The third kappa shape index (κ3) is 4.91. The number of hydrogen-bond donors (Lipinski definition) is 3. The highest BCUT2D eigenvalue weighted by Gasteiger charge is 2.13. The number of nitrogen functional groups attached to an aromatic ring is 1. The number of likely N-dealkylation sites (tertiary alicyclic amines) is 1. The average molecular weight is 372 g/mol. The second-order valence-corrected chi connectivity index (χ2v) is 6.50. The summed E-state index contributed by atoms with van der Waals surface area (Å²) in [4.78, 5) is 11.0. The number of nitrogens with one attached hydrogen (secondary N) is 2. The van der Waals surface area contributed by atoms with Crippen molar-refractivity contribution in [3.63, 3.8) is 0 Å². The van der Waals surface area contributed by atoms with Crippen LogP contribution in [0.3, 0.4) is 0 Å². The van der Waals surface area contributed by atoms with Gasteiger partial charge in [0.1, 0.15) is 23.5 Å². The third-order valence-electron chi connectivity index (χ3n) is 4.71. The topological polar surface area (TPSA) is 97.6 Å². The zero-order chi connectivity index (χ0) is 19.1. The van der Waals surface area contributed by atoms with Crippen molar-refractivity contribution in [2.45, 2.75) is 19.3 Å². The van der Waals surface area contributed by atoms with Gasteiger partial charge in [0.25, 0.3) is 0 Å². The molecule has 4 N–H and O–H groups in total. The lowest BCUT2D eigenvalue weighted by molar-refractivity contribution is 0.237. The van der Waals surface area contributed by atoms with E-state index in [0.717, 1.165) is 18.8 Å². The Morgan fingerprint density at radius 1 is 1.07 bits per heavy atom. The molecule has 0 amide bonds. The monoisotopic (exact) mass is 372 g/mol. The summed E-state index contributed by atoms with van der Waals surface area (Å²) in [7, 11) is 3.24. The zero-order valence-electron chi connectivity index (χ0n) is 16.0. The Morgan fingerprint density at radius 3 is 2.59 bits per heavy atom. The second kappa shape index (κ2) is 9.27. The van der Waals surface area contributed by atoms with Gasteiger partial charge in [0.15, 0.2) is 11.6 Å². The lowest BCUT2D eigenvalue weighted by Gasteiger charge is -2.26. The first-order valence-electron chi connectivity index (χ1n) is 9.27. The van der Waals surface area contributed by atoms with E-state index in [4.69, 9.17) is 15.2 Å². The smallest absolute Gasteiger partial charge is 0.159 e. The maximum Gasteiger partial charge on any atom is 0.159 e. The molecule has 0 aliphatic carbocycles. The van der Waals surface area contributed by atoms with E-state index in [9.17, 15) is 0 Å². The summed E-state index contributed by atoms with van der Waals surface area (Å²) in [6.45, 7) is 4.12. The SMILES string of the molecule is COc1ccc(OC)c(Nc2ncnc(NCCN3CCCCC3)c2N)c1. The molecule has 1 aromatic heterocycles. The Kier molecular flexibility index (Phi) is 6.54. The van der Waals surface area contributed by atoms with E-state index in [0.29, 0.717) is 28.8 Å². The van der Waals surface area contributed by atoms with Crippen LogP contribution in [-0.4, -0.2) is 55.3 Å². The molecule has 1 fully saturated rings. The molecule has 1 aromatic carbocycles. The van der Waals surface area contributed by atoms with Gasteiger partial charge in [0.2, 0.25) is 0 Å².